The summed E-state index contributed by atoms with van der Waals surface area (Å²) in [6, 6.07) is 13.6. The number of aromatic nitrogens is 2. The van der Waals surface area contributed by atoms with Gasteiger partial charge >= 0.3 is 0 Å². The van der Waals surface area contributed by atoms with Gasteiger partial charge in [-0.05, 0) is 48.9 Å². The summed E-state index contributed by atoms with van der Waals surface area (Å²) < 4.78 is 52.8. The Morgan fingerprint density at radius 1 is 1.06 bits per heavy atom. The first kappa shape index (κ1) is 23.1. The highest BCUT2D eigenvalue weighted by molar-refractivity contribution is 7.89. The van der Waals surface area contributed by atoms with Crippen LogP contribution in [0, 0.1) is 12.7 Å². The first-order chi connectivity index (χ1) is 15.8. The van der Waals surface area contributed by atoms with Gasteiger partial charge in [-0.2, -0.15) is 9.40 Å². The third kappa shape index (κ3) is 5.29. The van der Waals surface area contributed by atoms with E-state index >= 15 is 0 Å². The Labute approximate surface area is 191 Å². The Kier molecular flexibility index (Phi) is 6.87. The van der Waals surface area contributed by atoms with Gasteiger partial charge in [-0.3, -0.25) is 4.79 Å². The molecule has 1 aliphatic rings. The standard InChI is InChI=1S/C23H24FN3O5S/c1-17-2-3-18(16-22(17)33(29,30)26-10-13-31-14-11-26)21-8-9-23(28)27(25-21)12-15-32-20-6-4-19(24)5-7-20/h2-9,16H,10-15H2,1H3. The molecule has 0 spiro atoms. The van der Waals surface area contributed by atoms with Gasteiger partial charge < -0.3 is 9.47 Å². The van der Waals surface area contributed by atoms with Gasteiger partial charge in [0, 0.05) is 24.7 Å². The summed E-state index contributed by atoms with van der Waals surface area (Å²) in [7, 11) is -3.68. The minimum absolute atomic E-state index is 0.159. The monoisotopic (exact) mass is 473 g/mol. The predicted molar refractivity (Wildman–Crippen MR) is 120 cm³/mol. The molecule has 0 saturated carbocycles. The lowest BCUT2D eigenvalue weighted by Crippen LogP contribution is -2.40. The number of hydrogen-bond acceptors (Lipinski definition) is 6. The average molecular weight is 474 g/mol. The molecule has 0 radical (unpaired) electrons. The molecule has 0 unspecified atom stereocenters. The zero-order chi connectivity index (χ0) is 23.4. The summed E-state index contributed by atoms with van der Waals surface area (Å²) in [5.41, 5.74) is 1.37. The molecule has 0 aliphatic carbocycles. The second-order valence-electron chi connectivity index (χ2n) is 7.58. The van der Waals surface area contributed by atoms with E-state index < -0.39 is 10.0 Å². The van der Waals surface area contributed by atoms with Crippen LogP contribution in [-0.4, -0.2) is 55.4 Å². The molecule has 3 aromatic rings. The van der Waals surface area contributed by atoms with Gasteiger partial charge in [0.25, 0.3) is 5.56 Å². The van der Waals surface area contributed by atoms with Gasteiger partial charge in [0.05, 0.1) is 30.3 Å². The topological polar surface area (TPSA) is 90.7 Å². The molecule has 2 aromatic carbocycles. The summed E-state index contributed by atoms with van der Waals surface area (Å²) in [5.74, 6) is 0.123. The highest BCUT2D eigenvalue weighted by Crippen LogP contribution is 2.26. The molecule has 2 heterocycles. The Balaban J connectivity index is 1.56. The fourth-order valence-corrected chi connectivity index (χ4v) is 5.17. The van der Waals surface area contributed by atoms with Crippen molar-refractivity contribution in [3.05, 3.63) is 76.3 Å². The van der Waals surface area contributed by atoms with E-state index in [1.54, 1.807) is 31.2 Å². The van der Waals surface area contributed by atoms with Gasteiger partial charge in [-0.15, -0.1) is 0 Å². The van der Waals surface area contributed by atoms with Crippen molar-refractivity contribution >= 4 is 10.0 Å². The number of nitrogens with zero attached hydrogens (tertiary/aromatic N) is 3. The maximum Gasteiger partial charge on any atom is 0.266 e. The molecule has 10 heteroatoms. The van der Waals surface area contributed by atoms with Crippen LogP contribution in [0.15, 0.2) is 64.3 Å². The molecule has 1 aromatic heterocycles. The second kappa shape index (κ2) is 9.82. The second-order valence-corrected chi connectivity index (χ2v) is 9.49. The zero-order valence-electron chi connectivity index (χ0n) is 18.1. The number of aryl methyl sites for hydroxylation is 1. The number of ether oxygens (including phenoxy) is 2. The Morgan fingerprint density at radius 2 is 1.79 bits per heavy atom. The molecule has 4 rings (SSSR count). The van der Waals surface area contributed by atoms with E-state index in [0.29, 0.717) is 48.9 Å². The summed E-state index contributed by atoms with van der Waals surface area (Å²) >= 11 is 0. The van der Waals surface area contributed by atoms with E-state index in [1.807, 2.05) is 0 Å². The van der Waals surface area contributed by atoms with E-state index in [9.17, 15) is 17.6 Å². The number of sulfonamides is 1. The van der Waals surface area contributed by atoms with Crippen LogP contribution in [0.25, 0.3) is 11.3 Å². The number of rotatable bonds is 7. The molecule has 0 atom stereocenters. The number of hydrogen-bond donors (Lipinski definition) is 0. The van der Waals surface area contributed by atoms with Crippen molar-refractivity contribution in [1.29, 1.82) is 0 Å². The Hall–Kier alpha value is -3.08. The lowest BCUT2D eigenvalue weighted by Gasteiger charge is -2.26. The zero-order valence-corrected chi connectivity index (χ0v) is 18.9. The third-order valence-corrected chi connectivity index (χ3v) is 7.36. The molecule has 0 N–H and O–H groups in total. The molecule has 1 aliphatic heterocycles. The molecular formula is C23H24FN3O5S. The van der Waals surface area contributed by atoms with Crippen LogP contribution in [0.4, 0.5) is 4.39 Å². The smallest absolute Gasteiger partial charge is 0.266 e. The average Bonchev–Trinajstić information content (AvgIpc) is 2.82. The lowest BCUT2D eigenvalue weighted by molar-refractivity contribution is 0.0730. The van der Waals surface area contributed by atoms with Gasteiger partial charge in [0.2, 0.25) is 10.0 Å². The summed E-state index contributed by atoms with van der Waals surface area (Å²) in [6.07, 6.45) is 0. The number of morpholine rings is 1. The predicted octanol–water partition coefficient (Wildman–Crippen LogP) is 2.46. The normalized spacial score (nSPS) is 14.8. The fourth-order valence-electron chi connectivity index (χ4n) is 3.51. The molecule has 0 bridgehead atoms. The van der Waals surface area contributed by atoms with Crippen molar-refractivity contribution in [1.82, 2.24) is 14.1 Å². The Morgan fingerprint density at radius 3 is 2.52 bits per heavy atom. The van der Waals surface area contributed by atoms with E-state index in [-0.39, 0.29) is 29.4 Å². The first-order valence-corrected chi connectivity index (χ1v) is 11.9. The van der Waals surface area contributed by atoms with Crippen molar-refractivity contribution in [2.24, 2.45) is 0 Å². The first-order valence-electron chi connectivity index (χ1n) is 10.5. The van der Waals surface area contributed by atoms with Crippen LogP contribution in [-0.2, 0) is 21.3 Å². The minimum atomic E-state index is -3.68. The fraction of sp³-hybridized carbons (Fsp3) is 0.304. The van der Waals surface area contributed by atoms with Gasteiger partial charge in [-0.25, -0.2) is 17.5 Å². The highest BCUT2D eigenvalue weighted by atomic mass is 32.2. The quantitative estimate of drug-likeness (QED) is 0.524. The molecular weight excluding hydrogens is 449 g/mol. The molecule has 1 fully saturated rings. The molecule has 0 amide bonds. The number of halogens is 1. The van der Waals surface area contributed by atoms with Gasteiger partial charge in [-0.1, -0.05) is 12.1 Å². The third-order valence-electron chi connectivity index (χ3n) is 5.32. The van der Waals surface area contributed by atoms with Crippen molar-refractivity contribution in [2.45, 2.75) is 18.4 Å². The summed E-state index contributed by atoms with van der Waals surface area (Å²) in [5, 5.41) is 4.39. The molecule has 1 saturated heterocycles. The van der Waals surface area contributed by atoms with E-state index in [1.165, 1.54) is 39.3 Å². The largest absolute Gasteiger partial charge is 0.492 e. The van der Waals surface area contributed by atoms with Crippen LogP contribution in [0.3, 0.4) is 0 Å². The summed E-state index contributed by atoms with van der Waals surface area (Å²) in [6.45, 7) is 3.43. The van der Waals surface area contributed by atoms with Crippen LogP contribution in [0.5, 0.6) is 5.75 Å². The molecule has 33 heavy (non-hydrogen) atoms. The van der Waals surface area contributed by atoms with Crippen molar-refractivity contribution in [3.8, 4) is 17.0 Å². The van der Waals surface area contributed by atoms with Crippen molar-refractivity contribution in [3.63, 3.8) is 0 Å². The molecule has 174 valence electrons. The van der Waals surface area contributed by atoms with E-state index in [0.717, 1.165) is 0 Å². The van der Waals surface area contributed by atoms with E-state index in [4.69, 9.17) is 9.47 Å². The van der Waals surface area contributed by atoms with Crippen LogP contribution >= 0.6 is 0 Å². The van der Waals surface area contributed by atoms with Gasteiger partial charge in [0.1, 0.15) is 18.2 Å². The Bertz CT molecular complexity index is 1290. The van der Waals surface area contributed by atoms with Crippen LogP contribution in [0.2, 0.25) is 0 Å². The van der Waals surface area contributed by atoms with Gasteiger partial charge in [0.15, 0.2) is 0 Å². The lowest BCUT2D eigenvalue weighted by atomic mass is 10.1. The minimum Gasteiger partial charge on any atom is -0.492 e. The van der Waals surface area contributed by atoms with Crippen molar-refractivity contribution in [2.75, 3.05) is 32.9 Å². The number of benzene rings is 2. The maximum atomic E-state index is 13.2. The van der Waals surface area contributed by atoms with Crippen LogP contribution in [0.1, 0.15) is 5.56 Å². The summed E-state index contributed by atoms with van der Waals surface area (Å²) in [4.78, 5) is 12.5. The van der Waals surface area contributed by atoms with E-state index in [2.05, 4.69) is 5.10 Å². The van der Waals surface area contributed by atoms with Crippen LogP contribution < -0.4 is 10.3 Å². The maximum absolute atomic E-state index is 13.2. The highest BCUT2D eigenvalue weighted by Gasteiger charge is 2.28. The SMILES string of the molecule is Cc1ccc(-c2ccc(=O)n(CCOc3ccc(F)cc3)n2)cc1S(=O)(=O)N1CCOCC1. The molecule has 8 nitrogen and oxygen atoms in total. The van der Waals surface area contributed by atoms with Crippen molar-refractivity contribution < 1.29 is 22.3 Å².